The molecular weight excluding hydrogens is 382 g/mol. The van der Waals surface area contributed by atoms with Crippen LogP contribution in [0.15, 0.2) is 11.3 Å². The molecule has 3 rings (SSSR count). The van der Waals surface area contributed by atoms with Crippen LogP contribution in [0.4, 0.5) is 5.82 Å². The van der Waals surface area contributed by atoms with Crippen LogP contribution in [0, 0.1) is 0 Å². The van der Waals surface area contributed by atoms with Crippen LogP contribution in [0.2, 0.25) is 0 Å². The Balaban J connectivity index is 1.70. The van der Waals surface area contributed by atoms with Crippen molar-refractivity contribution in [1.82, 2.24) is 19.8 Å². The number of aliphatic hydroxyl groups excluding tert-OH is 2. The topological polar surface area (TPSA) is 208 Å². The maximum absolute atomic E-state index is 10.5. The SMILES string of the molecule is NCCCNC[C@H]1O[C@@H](n2cnc3c2N=CN(C(N)CCON)C3N)C(O)C1O. The Hall–Kier alpha value is -1.68. The van der Waals surface area contributed by atoms with E-state index >= 15 is 0 Å². The first kappa shape index (κ1) is 22.0. The highest BCUT2D eigenvalue weighted by Gasteiger charge is 2.45. The van der Waals surface area contributed by atoms with Crippen LogP contribution < -0.4 is 28.4 Å². The van der Waals surface area contributed by atoms with Crippen molar-refractivity contribution >= 4 is 12.2 Å². The van der Waals surface area contributed by atoms with E-state index < -0.39 is 36.9 Å². The van der Waals surface area contributed by atoms with Gasteiger partial charge in [0.15, 0.2) is 12.0 Å². The molecule has 2 aliphatic rings. The molecule has 0 amide bonds. The minimum atomic E-state index is -1.14. The van der Waals surface area contributed by atoms with E-state index in [-0.39, 0.29) is 6.61 Å². The molecule has 0 bridgehead atoms. The van der Waals surface area contributed by atoms with Gasteiger partial charge in [-0.2, -0.15) is 0 Å². The second kappa shape index (κ2) is 9.88. The van der Waals surface area contributed by atoms with Gasteiger partial charge in [-0.3, -0.25) is 4.57 Å². The number of fused-ring (bicyclic) bond motifs is 1. The fourth-order valence-electron chi connectivity index (χ4n) is 3.46. The van der Waals surface area contributed by atoms with Gasteiger partial charge < -0.3 is 47.2 Å². The zero-order valence-corrected chi connectivity index (χ0v) is 16.2. The molecule has 11 N–H and O–H groups in total. The van der Waals surface area contributed by atoms with Crippen molar-refractivity contribution in [3.63, 3.8) is 0 Å². The highest BCUT2D eigenvalue weighted by Crippen LogP contribution is 2.37. The lowest BCUT2D eigenvalue weighted by Gasteiger charge is -2.34. The third-order valence-corrected chi connectivity index (χ3v) is 5.14. The highest BCUT2D eigenvalue weighted by atomic mass is 16.6. The number of ether oxygens (including phenoxy) is 1. The molecule has 164 valence electrons. The molecule has 3 heterocycles. The average Bonchev–Trinajstić information content (AvgIpc) is 3.26. The molecule has 0 radical (unpaired) electrons. The average molecular weight is 413 g/mol. The molecule has 0 saturated carbocycles. The number of aliphatic imine (C=N–C) groups is 1. The molecule has 1 saturated heterocycles. The first-order valence-corrected chi connectivity index (χ1v) is 9.63. The van der Waals surface area contributed by atoms with Gasteiger partial charge in [-0.1, -0.05) is 0 Å². The van der Waals surface area contributed by atoms with Crippen LogP contribution in [0.5, 0.6) is 0 Å². The van der Waals surface area contributed by atoms with Gasteiger partial charge in [0.1, 0.15) is 30.2 Å². The van der Waals surface area contributed by atoms with Crippen LogP contribution >= 0.6 is 0 Å². The minimum absolute atomic E-state index is 0.278. The Morgan fingerprint density at radius 1 is 1.34 bits per heavy atom. The second-order valence-electron chi connectivity index (χ2n) is 7.12. The summed E-state index contributed by atoms with van der Waals surface area (Å²) < 4.78 is 7.46. The molecule has 1 aromatic heterocycles. The third kappa shape index (κ3) is 4.58. The molecule has 13 nitrogen and oxygen atoms in total. The van der Waals surface area contributed by atoms with Crippen molar-refractivity contribution in [3.05, 3.63) is 12.0 Å². The molecule has 29 heavy (non-hydrogen) atoms. The molecule has 13 heteroatoms. The number of aromatic nitrogens is 2. The molecular formula is C16H31N9O4. The van der Waals surface area contributed by atoms with Crippen molar-refractivity contribution in [2.75, 3.05) is 26.2 Å². The van der Waals surface area contributed by atoms with Gasteiger partial charge in [-0.05, 0) is 19.5 Å². The Morgan fingerprint density at radius 3 is 2.86 bits per heavy atom. The van der Waals surface area contributed by atoms with Crippen LogP contribution in [0.3, 0.4) is 0 Å². The summed E-state index contributed by atoms with van der Waals surface area (Å²) in [6, 6.07) is 0. The summed E-state index contributed by atoms with van der Waals surface area (Å²) in [6.45, 7) is 1.95. The van der Waals surface area contributed by atoms with Gasteiger partial charge in [0.2, 0.25) is 0 Å². The van der Waals surface area contributed by atoms with Gasteiger partial charge in [0.25, 0.3) is 0 Å². The molecule has 1 fully saturated rings. The van der Waals surface area contributed by atoms with Crippen molar-refractivity contribution in [2.45, 2.75) is 49.7 Å². The van der Waals surface area contributed by atoms with E-state index in [4.69, 9.17) is 27.8 Å². The molecule has 0 aliphatic carbocycles. The first-order valence-electron chi connectivity index (χ1n) is 9.63. The zero-order chi connectivity index (χ0) is 21.0. The molecule has 6 atom stereocenters. The molecule has 4 unspecified atom stereocenters. The number of imidazole rings is 1. The lowest BCUT2D eigenvalue weighted by molar-refractivity contribution is -0.0353. The van der Waals surface area contributed by atoms with E-state index in [1.54, 1.807) is 9.47 Å². The van der Waals surface area contributed by atoms with E-state index in [9.17, 15) is 10.2 Å². The summed E-state index contributed by atoms with van der Waals surface area (Å²) in [6.07, 6.45) is -0.391. The summed E-state index contributed by atoms with van der Waals surface area (Å²) in [4.78, 5) is 15.0. The van der Waals surface area contributed by atoms with Gasteiger partial charge in [0, 0.05) is 13.0 Å². The maximum Gasteiger partial charge on any atom is 0.165 e. The fraction of sp³-hybridized carbons (Fsp3) is 0.750. The number of nitrogens with one attached hydrogen (secondary N) is 1. The smallest absolute Gasteiger partial charge is 0.165 e. The van der Waals surface area contributed by atoms with Gasteiger partial charge in [0.05, 0.1) is 25.4 Å². The Bertz CT molecular complexity index is 687. The zero-order valence-electron chi connectivity index (χ0n) is 16.2. The van der Waals surface area contributed by atoms with Crippen molar-refractivity contribution in [3.8, 4) is 0 Å². The molecule has 0 spiro atoms. The number of nitrogens with zero attached hydrogens (tertiary/aromatic N) is 4. The van der Waals surface area contributed by atoms with E-state index in [0.717, 1.165) is 6.42 Å². The van der Waals surface area contributed by atoms with Crippen molar-refractivity contribution in [1.29, 1.82) is 0 Å². The summed E-state index contributed by atoms with van der Waals surface area (Å²) >= 11 is 0. The van der Waals surface area contributed by atoms with Gasteiger partial charge >= 0.3 is 0 Å². The minimum Gasteiger partial charge on any atom is -0.387 e. The lowest BCUT2D eigenvalue weighted by atomic mass is 10.1. The summed E-state index contributed by atoms with van der Waals surface area (Å²) in [5.74, 6) is 5.50. The van der Waals surface area contributed by atoms with Gasteiger partial charge in [-0.15, -0.1) is 0 Å². The Kier molecular flexibility index (Phi) is 7.50. The monoisotopic (exact) mass is 413 g/mol. The van der Waals surface area contributed by atoms with Crippen LogP contribution in [-0.2, 0) is 9.57 Å². The molecule has 2 aliphatic heterocycles. The summed E-state index contributed by atoms with van der Waals surface area (Å²) in [7, 11) is 0. The largest absolute Gasteiger partial charge is 0.387 e. The standard InChI is InChI=1S/C16H31N9O4/c17-3-1-4-21-6-9-12(26)13(27)16(29-9)25-7-22-11-14(19)24(8-23-15(11)25)10(18)2-5-28-20/h7-10,12-14,16,21,26-27H,1-6,17-20H2/t9-,10?,12?,13?,14?,16-/m1/s1. The predicted molar refractivity (Wildman–Crippen MR) is 104 cm³/mol. The number of aliphatic hydroxyl groups is 2. The predicted octanol–water partition coefficient (Wildman–Crippen LogP) is -3.06. The number of hydrogen-bond acceptors (Lipinski definition) is 12. The van der Waals surface area contributed by atoms with E-state index in [0.29, 0.717) is 37.6 Å². The first-order chi connectivity index (χ1) is 14.0. The lowest BCUT2D eigenvalue weighted by Crippen LogP contribution is -2.48. The van der Waals surface area contributed by atoms with E-state index in [2.05, 4.69) is 20.1 Å². The fourth-order valence-corrected chi connectivity index (χ4v) is 3.46. The second-order valence-corrected chi connectivity index (χ2v) is 7.12. The number of hydrogen-bond donors (Lipinski definition) is 7. The van der Waals surface area contributed by atoms with Crippen molar-refractivity contribution < 1.29 is 19.8 Å². The molecule has 0 aromatic carbocycles. The van der Waals surface area contributed by atoms with Gasteiger partial charge in [-0.25, -0.2) is 15.9 Å². The third-order valence-electron chi connectivity index (χ3n) is 5.14. The molecule has 1 aromatic rings. The quantitative estimate of drug-likeness (QED) is 0.151. The number of nitrogens with two attached hydrogens (primary N) is 4. The maximum atomic E-state index is 10.5. The van der Waals surface area contributed by atoms with Crippen LogP contribution in [0.1, 0.15) is 30.9 Å². The summed E-state index contributed by atoms with van der Waals surface area (Å²) in [5.41, 5.74) is 18.4. The highest BCUT2D eigenvalue weighted by molar-refractivity contribution is 5.65. The number of rotatable bonds is 10. The van der Waals surface area contributed by atoms with Crippen LogP contribution in [-0.4, -0.2) is 81.7 Å². The van der Waals surface area contributed by atoms with E-state index in [1.807, 2.05) is 0 Å². The van der Waals surface area contributed by atoms with E-state index in [1.165, 1.54) is 12.7 Å². The Labute approximate surface area is 168 Å². The van der Waals surface area contributed by atoms with Crippen LogP contribution in [0.25, 0.3) is 0 Å². The summed E-state index contributed by atoms with van der Waals surface area (Å²) in [5, 5.41) is 24.0. The Morgan fingerprint density at radius 2 is 2.14 bits per heavy atom. The van der Waals surface area contributed by atoms with Crippen molar-refractivity contribution in [2.24, 2.45) is 28.1 Å². The normalized spacial score (nSPS) is 30.0.